The third-order valence-corrected chi connectivity index (χ3v) is 3.96. The quantitative estimate of drug-likeness (QED) is 0.930. The molecule has 116 valence electrons. The highest BCUT2D eigenvalue weighted by atomic mass is 16.5. The number of carbonyl (C=O) groups excluding carboxylic acids is 1. The van der Waals surface area contributed by atoms with E-state index in [9.17, 15) is 4.79 Å². The van der Waals surface area contributed by atoms with Gasteiger partial charge in [-0.3, -0.25) is 4.79 Å². The summed E-state index contributed by atoms with van der Waals surface area (Å²) in [5.74, 6) is 0.980. The van der Waals surface area contributed by atoms with E-state index in [1.165, 1.54) is 11.1 Å². The molecular formula is C17H26N2O2. The molecule has 0 spiro atoms. The smallest absolute Gasteiger partial charge is 0.221 e. The molecule has 0 radical (unpaired) electrons. The number of fused-ring (bicyclic) bond motifs is 1. The van der Waals surface area contributed by atoms with Crippen LogP contribution in [0.25, 0.3) is 0 Å². The monoisotopic (exact) mass is 290 g/mol. The summed E-state index contributed by atoms with van der Waals surface area (Å²) in [6, 6.07) is 0. The molecule has 0 saturated heterocycles. The molecule has 4 heteroatoms. The van der Waals surface area contributed by atoms with Crippen LogP contribution in [0.4, 0.5) is 5.69 Å². The van der Waals surface area contributed by atoms with Crippen molar-refractivity contribution in [1.82, 2.24) is 4.90 Å². The maximum absolute atomic E-state index is 11.5. The van der Waals surface area contributed by atoms with Gasteiger partial charge in [0, 0.05) is 36.7 Å². The van der Waals surface area contributed by atoms with E-state index < -0.39 is 0 Å². The number of amides is 1. The van der Waals surface area contributed by atoms with Crippen LogP contribution >= 0.6 is 0 Å². The number of carbonyl (C=O) groups is 1. The Balaban J connectivity index is 2.64. The van der Waals surface area contributed by atoms with Crippen LogP contribution in [0, 0.1) is 13.8 Å². The zero-order chi connectivity index (χ0) is 15.9. The fraction of sp³-hybridized carbons (Fsp3) is 0.588. The van der Waals surface area contributed by atoms with Gasteiger partial charge in [-0.2, -0.15) is 0 Å². The van der Waals surface area contributed by atoms with E-state index in [0.29, 0.717) is 0 Å². The summed E-state index contributed by atoms with van der Waals surface area (Å²) in [7, 11) is 4.09. The van der Waals surface area contributed by atoms with E-state index in [-0.39, 0.29) is 11.5 Å². The maximum atomic E-state index is 11.5. The summed E-state index contributed by atoms with van der Waals surface area (Å²) < 4.78 is 6.21. The van der Waals surface area contributed by atoms with Crippen molar-refractivity contribution in [1.29, 1.82) is 0 Å². The fourth-order valence-electron chi connectivity index (χ4n) is 3.05. The number of nitrogens with zero attached hydrogens (tertiary/aromatic N) is 1. The van der Waals surface area contributed by atoms with E-state index in [2.05, 4.69) is 37.9 Å². The van der Waals surface area contributed by atoms with Crippen molar-refractivity contribution >= 4 is 11.6 Å². The van der Waals surface area contributed by atoms with Crippen molar-refractivity contribution < 1.29 is 9.53 Å². The molecule has 4 nitrogen and oxygen atoms in total. The third-order valence-electron chi connectivity index (χ3n) is 3.96. The summed E-state index contributed by atoms with van der Waals surface area (Å²) in [6.07, 6.45) is 0.876. The fourth-order valence-corrected chi connectivity index (χ4v) is 3.05. The minimum Gasteiger partial charge on any atom is -0.487 e. The summed E-state index contributed by atoms with van der Waals surface area (Å²) in [6.45, 7) is 10.7. The Labute approximate surface area is 127 Å². The van der Waals surface area contributed by atoms with Crippen LogP contribution in [-0.2, 0) is 17.8 Å². The van der Waals surface area contributed by atoms with Gasteiger partial charge in [0.2, 0.25) is 5.91 Å². The van der Waals surface area contributed by atoms with Crippen molar-refractivity contribution in [2.75, 3.05) is 19.4 Å². The van der Waals surface area contributed by atoms with E-state index in [1.54, 1.807) is 6.92 Å². The molecule has 0 aromatic heterocycles. The standard InChI is InChI=1S/C17H26N2O2/c1-10-13-8-17(4,5)21-16(13)14(9-19(6)7)11(2)15(10)18-12(3)20/h8-9H2,1-7H3,(H,18,20). The minimum absolute atomic E-state index is 0.0323. The molecule has 1 heterocycles. The van der Waals surface area contributed by atoms with Crippen molar-refractivity contribution in [3.63, 3.8) is 0 Å². The molecule has 2 rings (SSSR count). The van der Waals surface area contributed by atoms with Crippen LogP contribution in [0.1, 0.15) is 43.0 Å². The summed E-state index contributed by atoms with van der Waals surface area (Å²) in [5.41, 5.74) is 5.40. The van der Waals surface area contributed by atoms with E-state index >= 15 is 0 Å². The summed E-state index contributed by atoms with van der Waals surface area (Å²) in [4.78, 5) is 13.7. The van der Waals surface area contributed by atoms with Gasteiger partial charge in [0.05, 0.1) is 0 Å². The first-order chi connectivity index (χ1) is 9.62. The lowest BCUT2D eigenvalue weighted by Gasteiger charge is -2.22. The van der Waals surface area contributed by atoms with Crippen LogP contribution in [0.3, 0.4) is 0 Å². The second kappa shape index (κ2) is 5.34. The second-order valence-corrected chi connectivity index (χ2v) is 6.87. The average molecular weight is 290 g/mol. The van der Waals surface area contributed by atoms with Crippen LogP contribution in [0.5, 0.6) is 5.75 Å². The Morgan fingerprint density at radius 3 is 2.43 bits per heavy atom. The van der Waals surface area contributed by atoms with Crippen molar-refractivity contribution in [2.45, 2.75) is 53.2 Å². The SMILES string of the molecule is CC(=O)Nc1c(C)c(CN(C)C)c2c(c1C)CC(C)(C)O2. The zero-order valence-electron chi connectivity index (χ0n) is 14.2. The molecule has 1 aromatic carbocycles. The Hall–Kier alpha value is -1.55. The van der Waals surface area contributed by atoms with Crippen molar-refractivity contribution in [3.05, 3.63) is 22.3 Å². The van der Waals surface area contributed by atoms with Gasteiger partial charge in [-0.1, -0.05) is 0 Å². The number of hydrogen-bond donors (Lipinski definition) is 1. The summed E-state index contributed by atoms with van der Waals surface area (Å²) >= 11 is 0. The predicted octanol–water partition coefficient (Wildman–Crippen LogP) is 3.04. The molecule has 1 aromatic rings. The molecule has 0 unspecified atom stereocenters. The molecule has 1 N–H and O–H groups in total. The molecule has 1 amide bonds. The molecule has 0 atom stereocenters. The first-order valence-corrected chi connectivity index (χ1v) is 7.38. The van der Waals surface area contributed by atoms with Gasteiger partial charge in [-0.15, -0.1) is 0 Å². The lowest BCUT2D eigenvalue weighted by Crippen LogP contribution is -2.25. The Bertz CT molecular complexity index is 589. The lowest BCUT2D eigenvalue weighted by molar-refractivity contribution is -0.114. The lowest BCUT2D eigenvalue weighted by atomic mass is 9.92. The second-order valence-electron chi connectivity index (χ2n) is 6.87. The normalized spacial score (nSPS) is 15.8. The Morgan fingerprint density at radius 2 is 1.90 bits per heavy atom. The number of hydrogen-bond acceptors (Lipinski definition) is 3. The molecular weight excluding hydrogens is 264 g/mol. The van der Waals surface area contributed by atoms with Gasteiger partial charge >= 0.3 is 0 Å². The molecule has 0 bridgehead atoms. The largest absolute Gasteiger partial charge is 0.487 e. The van der Waals surface area contributed by atoms with Gasteiger partial charge in [0.1, 0.15) is 11.4 Å². The van der Waals surface area contributed by atoms with Crippen LogP contribution in [0.15, 0.2) is 0 Å². The highest BCUT2D eigenvalue weighted by molar-refractivity contribution is 5.91. The maximum Gasteiger partial charge on any atom is 0.221 e. The number of ether oxygens (including phenoxy) is 1. The van der Waals surface area contributed by atoms with Gasteiger partial charge < -0.3 is 15.0 Å². The zero-order valence-corrected chi connectivity index (χ0v) is 14.2. The van der Waals surface area contributed by atoms with Crippen LogP contribution < -0.4 is 10.1 Å². The molecule has 0 aliphatic carbocycles. The topological polar surface area (TPSA) is 41.6 Å². The number of nitrogens with one attached hydrogen (secondary N) is 1. The molecule has 21 heavy (non-hydrogen) atoms. The van der Waals surface area contributed by atoms with Crippen LogP contribution in [0.2, 0.25) is 0 Å². The van der Waals surface area contributed by atoms with E-state index in [0.717, 1.165) is 35.5 Å². The Kier molecular flexibility index (Phi) is 4.02. The average Bonchev–Trinajstić information content (AvgIpc) is 2.66. The van der Waals surface area contributed by atoms with E-state index in [4.69, 9.17) is 4.74 Å². The van der Waals surface area contributed by atoms with Crippen molar-refractivity contribution in [3.8, 4) is 5.75 Å². The first kappa shape index (κ1) is 15.8. The Morgan fingerprint density at radius 1 is 1.29 bits per heavy atom. The molecule has 0 fully saturated rings. The third kappa shape index (κ3) is 3.05. The van der Waals surface area contributed by atoms with Gasteiger partial charge in [0.15, 0.2) is 0 Å². The first-order valence-electron chi connectivity index (χ1n) is 7.38. The van der Waals surface area contributed by atoms with Gasteiger partial charge in [0.25, 0.3) is 0 Å². The van der Waals surface area contributed by atoms with Gasteiger partial charge in [-0.05, 0) is 52.9 Å². The predicted molar refractivity (Wildman–Crippen MR) is 86.0 cm³/mol. The summed E-state index contributed by atoms with van der Waals surface area (Å²) in [5, 5.41) is 3.00. The van der Waals surface area contributed by atoms with Crippen LogP contribution in [-0.4, -0.2) is 30.5 Å². The highest BCUT2D eigenvalue weighted by Gasteiger charge is 2.35. The molecule has 1 aliphatic rings. The molecule has 0 saturated carbocycles. The minimum atomic E-state index is -0.185. The molecule has 1 aliphatic heterocycles. The highest BCUT2D eigenvalue weighted by Crippen LogP contribution is 2.45. The number of rotatable bonds is 3. The van der Waals surface area contributed by atoms with Gasteiger partial charge in [-0.25, -0.2) is 0 Å². The van der Waals surface area contributed by atoms with E-state index in [1.807, 2.05) is 14.1 Å². The number of benzene rings is 1. The van der Waals surface area contributed by atoms with Crippen molar-refractivity contribution in [2.24, 2.45) is 0 Å². The number of anilines is 1.